The molecule has 2 amide bonds. The van der Waals surface area contributed by atoms with Gasteiger partial charge < -0.3 is 10.6 Å². The number of rotatable bonds is 11. The SMILES string of the molecule is CCCCNC(=O)c1ccccc1NC(=O)c1ccc(CN(c2ccccc2F)S(=O)(=O)N(C)C)cc1. The van der Waals surface area contributed by atoms with Crippen molar-refractivity contribution in [1.29, 1.82) is 0 Å². The lowest BCUT2D eigenvalue weighted by Crippen LogP contribution is -2.40. The van der Waals surface area contributed by atoms with Gasteiger partial charge in [-0.1, -0.05) is 49.7 Å². The Labute approximate surface area is 217 Å². The fourth-order valence-electron chi connectivity index (χ4n) is 3.53. The van der Waals surface area contributed by atoms with Crippen molar-refractivity contribution in [1.82, 2.24) is 9.62 Å². The van der Waals surface area contributed by atoms with Crippen LogP contribution in [0, 0.1) is 5.82 Å². The van der Waals surface area contributed by atoms with Crippen LogP contribution in [0.25, 0.3) is 0 Å². The van der Waals surface area contributed by atoms with Gasteiger partial charge in [0.1, 0.15) is 5.82 Å². The van der Waals surface area contributed by atoms with E-state index >= 15 is 0 Å². The van der Waals surface area contributed by atoms with Gasteiger partial charge in [0, 0.05) is 26.2 Å². The monoisotopic (exact) mass is 526 g/mol. The van der Waals surface area contributed by atoms with E-state index in [0.717, 1.165) is 21.5 Å². The Morgan fingerprint density at radius 3 is 2.19 bits per heavy atom. The molecule has 2 N–H and O–H groups in total. The summed E-state index contributed by atoms with van der Waals surface area (Å²) in [4.78, 5) is 25.4. The number of anilines is 2. The molecular formula is C27H31FN4O4S. The highest BCUT2D eigenvalue weighted by Gasteiger charge is 2.27. The smallest absolute Gasteiger partial charge is 0.303 e. The molecule has 0 radical (unpaired) electrons. The van der Waals surface area contributed by atoms with Gasteiger partial charge in [-0.2, -0.15) is 12.7 Å². The summed E-state index contributed by atoms with van der Waals surface area (Å²) in [5.74, 6) is -1.36. The normalized spacial score (nSPS) is 11.3. The second-order valence-corrected chi connectivity index (χ2v) is 10.6. The number of para-hydroxylation sites is 2. The number of hydrogen-bond donors (Lipinski definition) is 2. The quantitative estimate of drug-likeness (QED) is 0.361. The molecule has 0 aliphatic rings. The zero-order valence-corrected chi connectivity index (χ0v) is 21.9. The average molecular weight is 527 g/mol. The number of hydrogen-bond acceptors (Lipinski definition) is 4. The molecule has 0 fully saturated rings. The molecule has 3 aromatic carbocycles. The van der Waals surface area contributed by atoms with Crippen LogP contribution in [0.4, 0.5) is 15.8 Å². The molecule has 10 heteroatoms. The number of carbonyl (C=O) groups is 2. The molecule has 0 aromatic heterocycles. The van der Waals surface area contributed by atoms with Gasteiger partial charge in [-0.3, -0.25) is 13.9 Å². The molecule has 0 bridgehead atoms. The maximum absolute atomic E-state index is 14.5. The number of unbranched alkanes of at least 4 members (excludes halogenated alkanes) is 1. The zero-order chi connectivity index (χ0) is 27.0. The first-order valence-electron chi connectivity index (χ1n) is 11.9. The van der Waals surface area contributed by atoms with Crippen molar-refractivity contribution in [3.8, 4) is 0 Å². The van der Waals surface area contributed by atoms with Crippen molar-refractivity contribution in [2.75, 3.05) is 30.3 Å². The molecule has 196 valence electrons. The first kappa shape index (κ1) is 27.8. The Bertz CT molecular complexity index is 1340. The molecule has 0 spiro atoms. The highest BCUT2D eigenvalue weighted by molar-refractivity contribution is 7.90. The molecule has 8 nitrogen and oxygen atoms in total. The van der Waals surface area contributed by atoms with Crippen LogP contribution in [-0.4, -0.2) is 45.2 Å². The second-order valence-electron chi connectivity index (χ2n) is 8.55. The molecule has 0 saturated heterocycles. The van der Waals surface area contributed by atoms with Crippen LogP contribution in [0.2, 0.25) is 0 Å². The van der Waals surface area contributed by atoms with Crippen molar-refractivity contribution >= 4 is 33.4 Å². The third-order valence-electron chi connectivity index (χ3n) is 5.64. The lowest BCUT2D eigenvalue weighted by atomic mass is 10.1. The third-order valence-corrected chi connectivity index (χ3v) is 7.44. The molecule has 37 heavy (non-hydrogen) atoms. The van der Waals surface area contributed by atoms with Crippen LogP contribution in [-0.2, 0) is 16.8 Å². The minimum atomic E-state index is -3.99. The number of nitrogens with zero attached hydrogens (tertiary/aromatic N) is 2. The molecular weight excluding hydrogens is 495 g/mol. The predicted octanol–water partition coefficient (Wildman–Crippen LogP) is 4.42. The van der Waals surface area contributed by atoms with Crippen molar-refractivity contribution in [2.45, 2.75) is 26.3 Å². The molecule has 3 rings (SSSR count). The van der Waals surface area contributed by atoms with Crippen LogP contribution in [0.15, 0.2) is 72.8 Å². The predicted molar refractivity (Wildman–Crippen MR) is 143 cm³/mol. The Hall–Kier alpha value is -3.76. The second kappa shape index (κ2) is 12.5. The van der Waals surface area contributed by atoms with Crippen molar-refractivity contribution in [3.63, 3.8) is 0 Å². The Morgan fingerprint density at radius 2 is 1.54 bits per heavy atom. The number of benzene rings is 3. The highest BCUT2D eigenvalue weighted by atomic mass is 32.2. The van der Waals surface area contributed by atoms with E-state index in [4.69, 9.17) is 0 Å². The maximum atomic E-state index is 14.5. The largest absolute Gasteiger partial charge is 0.352 e. The lowest BCUT2D eigenvalue weighted by Gasteiger charge is -2.27. The average Bonchev–Trinajstić information content (AvgIpc) is 2.88. The number of halogens is 1. The first-order chi connectivity index (χ1) is 17.6. The summed E-state index contributed by atoms with van der Waals surface area (Å²) in [6.07, 6.45) is 1.81. The summed E-state index contributed by atoms with van der Waals surface area (Å²) in [5, 5.41) is 5.61. The zero-order valence-electron chi connectivity index (χ0n) is 21.1. The van der Waals surface area contributed by atoms with E-state index in [2.05, 4.69) is 10.6 Å². The van der Waals surface area contributed by atoms with Gasteiger partial charge >= 0.3 is 10.2 Å². The van der Waals surface area contributed by atoms with Gasteiger partial charge in [0.05, 0.1) is 23.5 Å². The lowest BCUT2D eigenvalue weighted by molar-refractivity contribution is 0.0954. The standard InChI is InChI=1S/C27H31FN4O4S/c1-4-5-18-29-27(34)22-10-6-8-12-24(22)30-26(33)21-16-14-20(15-17-21)19-32(37(35,36)31(2)3)25-13-9-7-11-23(25)28/h6-17H,4-5,18-19H2,1-3H3,(H,29,34)(H,30,33). The van der Waals surface area contributed by atoms with Gasteiger partial charge in [-0.05, 0) is 48.4 Å². The molecule has 0 heterocycles. The van der Waals surface area contributed by atoms with E-state index in [1.807, 2.05) is 6.92 Å². The molecule has 0 aliphatic heterocycles. The minimum absolute atomic E-state index is 0.0770. The number of carbonyl (C=O) groups excluding carboxylic acids is 2. The van der Waals surface area contributed by atoms with E-state index in [9.17, 15) is 22.4 Å². The van der Waals surface area contributed by atoms with Crippen LogP contribution < -0.4 is 14.9 Å². The Balaban J connectivity index is 1.78. The first-order valence-corrected chi connectivity index (χ1v) is 13.3. The van der Waals surface area contributed by atoms with Gasteiger partial charge in [0.15, 0.2) is 0 Å². The fraction of sp³-hybridized carbons (Fsp3) is 0.259. The summed E-state index contributed by atoms with van der Waals surface area (Å²) < 4.78 is 42.3. The van der Waals surface area contributed by atoms with Crippen molar-refractivity contribution in [2.24, 2.45) is 0 Å². The van der Waals surface area contributed by atoms with E-state index in [1.165, 1.54) is 32.3 Å². The molecule has 0 atom stereocenters. The minimum Gasteiger partial charge on any atom is -0.352 e. The summed E-state index contributed by atoms with van der Waals surface area (Å²) in [5.41, 5.74) is 1.54. The Kier molecular flexibility index (Phi) is 9.37. The van der Waals surface area contributed by atoms with Crippen LogP contribution >= 0.6 is 0 Å². The maximum Gasteiger partial charge on any atom is 0.303 e. The fourth-order valence-corrected chi connectivity index (χ4v) is 4.63. The van der Waals surface area contributed by atoms with Crippen molar-refractivity contribution < 1.29 is 22.4 Å². The van der Waals surface area contributed by atoms with Crippen molar-refractivity contribution in [3.05, 3.63) is 95.3 Å². The van der Waals surface area contributed by atoms with Crippen LogP contribution in [0.3, 0.4) is 0 Å². The van der Waals surface area contributed by atoms with Gasteiger partial charge in [-0.15, -0.1) is 0 Å². The molecule has 0 saturated carbocycles. The third kappa shape index (κ3) is 6.93. The summed E-state index contributed by atoms with van der Waals surface area (Å²) in [6, 6.07) is 18.7. The Morgan fingerprint density at radius 1 is 0.892 bits per heavy atom. The van der Waals surface area contributed by atoms with Crippen LogP contribution in [0.5, 0.6) is 0 Å². The topological polar surface area (TPSA) is 98.8 Å². The molecule has 0 unspecified atom stereocenters. The van der Waals surface area contributed by atoms with E-state index in [-0.39, 0.29) is 18.1 Å². The van der Waals surface area contributed by atoms with E-state index in [0.29, 0.717) is 28.9 Å². The van der Waals surface area contributed by atoms with E-state index in [1.54, 1.807) is 54.6 Å². The highest BCUT2D eigenvalue weighted by Crippen LogP contribution is 2.25. The van der Waals surface area contributed by atoms with Gasteiger partial charge in [0.25, 0.3) is 11.8 Å². The number of amides is 2. The van der Waals surface area contributed by atoms with Crippen LogP contribution in [0.1, 0.15) is 46.0 Å². The summed E-state index contributed by atoms with van der Waals surface area (Å²) in [6.45, 7) is 2.45. The summed E-state index contributed by atoms with van der Waals surface area (Å²) >= 11 is 0. The van der Waals surface area contributed by atoms with E-state index < -0.39 is 21.9 Å². The van der Waals surface area contributed by atoms with Gasteiger partial charge in [0.2, 0.25) is 0 Å². The number of nitrogens with one attached hydrogen (secondary N) is 2. The summed E-state index contributed by atoms with van der Waals surface area (Å²) in [7, 11) is -1.24. The van der Waals surface area contributed by atoms with Gasteiger partial charge in [-0.25, -0.2) is 4.39 Å². The molecule has 3 aromatic rings. The molecule has 0 aliphatic carbocycles.